The Bertz CT molecular complexity index is 992. The quantitative estimate of drug-likeness (QED) is 0.569. The summed E-state index contributed by atoms with van der Waals surface area (Å²) in [6.45, 7) is 0.418. The summed E-state index contributed by atoms with van der Waals surface area (Å²) >= 11 is 1.53. The van der Waals surface area contributed by atoms with Crippen molar-refractivity contribution in [3.63, 3.8) is 0 Å². The van der Waals surface area contributed by atoms with Crippen LogP contribution in [-0.4, -0.2) is 16.8 Å². The Morgan fingerprint density at radius 1 is 1.00 bits per heavy atom. The summed E-state index contributed by atoms with van der Waals surface area (Å²) in [5.74, 6) is -0.0325. The number of carbonyl (C=O) groups is 2. The third kappa shape index (κ3) is 3.27. The zero-order chi connectivity index (χ0) is 17.9. The average molecular weight is 362 g/mol. The summed E-state index contributed by atoms with van der Waals surface area (Å²) in [4.78, 5) is 28.3. The van der Waals surface area contributed by atoms with Crippen LogP contribution >= 0.6 is 11.3 Å². The Balaban J connectivity index is 1.57. The van der Waals surface area contributed by atoms with Crippen molar-refractivity contribution in [3.8, 4) is 5.75 Å². The topological polar surface area (TPSA) is 68.3 Å². The lowest BCUT2D eigenvalue weighted by atomic mass is 9.93. The fraction of sp³-hybridized carbons (Fsp3) is 0.0500. The molecule has 128 valence electrons. The molecule has 0 spiro atoms. The SMILES string of the molecule is O=C1NC(=O)c2ccccc2/C1=C/c1ccc(OCc2cscn2)cc1. The lowest BCUT2D eigenvalue weighted by molar-refractivity contribution is -0.114. The van der Waals surface area contributed by atoms with Gasteiger partial charge in [0.15, 0.2) is 0 Å². The monoisotopic (exact) mass is 362 g/mol. The summed E-state index contributed by atoms with van der Waals surface area (Å²) in [5.41, 5.74) is 5.12. The Hall–Kier alpha value is -3.25. The first-order valence-electron chi connectivity index (χ1n) is 7.97. The standard InChI is InChI=1S/C20H14N2O3S/c23-19-17-4-2-1-3-16(17)18(20(24)22-19)9-13-5-7-15(8-6-13)25-10-14-11-26-12-21-14/h1-9,11-12H,10H2,(H,22,23,24)/b18-9-. The summed E-state index contributed by atoms with van der Waals surface area (Å²) in [7, 11) is 0. The predicted molar refractivity (Wildman–Crippen MR) is 99.7 cm³/mol. The molecule has 0 fully saturated rings. The molecule has 1 aliphatic rings. The van der Waals surface area contributed by atoms with Crippen molar-refractivity contribution in [2.75, 3.05) is 0 Å². The van der Waals surface area contributed by atoms with E-state index in [1.807, 2.05) is 35.7 Å². The van der Waals surface area contributed by atoms with Crippen LogP contribution in [0.25, 0.3) is 11.6 Å². The molecule has 0 aliphatic carbocycles. The van der Waals surface area contributed by atoms with E-state index in [1.54, 1.807) is 29.8 Å². The van der Waals surface area contributed by atoms with Gasteiger partial charge in [-0.1, -0.05) is 30.3 Å². The molecule has 1 N–H and O–H groups in total. The molecule has 6 heteroatoms. The zero-order valence-electron chi connectivity index (χ0n) is 13.6. The molecule has 0 atom stereocenters. The van der Waals surface area contributed by atoms with Gasteiger partial charge in [-0.2, -0.15) is 0 Å². The number of nitrogens with zero attached hydrogens (tertiary/aromatic N) is 1. The van der Waals surface area contributed by atoms with E-state index >= 15 is 0 Å². The second-order valence-corrected chi connectivity index (χ2v) is 6.44. The van der Waals surface area contributed by atoms with Crippen LogP contribution in [0.2, 0.25) is 0 Å². The Morgan fingerprint density at radius 2 is 1.77 bits per heavy atom. The highest BCUT2D eigenvalue weighted by Crippen LogP contribution is 2.26. The Labute approximate surface area is 154 Å². The van der Waals surface area contributed by atoms with E-state index in [0.717, 1.165) is 17.0 Å². The first kappa shape index (κ1) is 16.2. The number of aromatic nitrogens is 1. The number of carbonyl (C=O) groups excluding carboxylic acids is 2. The second kappa shape index (κ2) is 6.93. The molecule has 2 amide bonds. The van der Waals surface area contributed by atoms with Gasteiger partial charge in [0.2, 0.25) is 0 Å². The summed E-state index contributed by atoms with van der Waals surface area (Å²) in [5, 5.41) is 4.32. The fourth-order valence-electron chi connectivity index (χ4n) is 2.71. The van der Waals surface area contributed by atoms with E-state index in [4.69, 9.17) is 4.74 Å². The van der Waals surface area contributed by atoms with Gasteiger partial charge in [-0.3, -0.25) is 14.9 Å². The van der Waals surface area contributed by atoms with Gasteiger partial charge < -0.3 is 4.74 Å². The van der Waals surface area contributed by atoms with Gasteiger partial charge in [-0.05, 0) is 35.4 Å². The number of fused-ring (bicyclic) bond motifs is 1. The minimum atomic E-state index is -0.391. The maximum atomic E-state index is 12.2. The maximum absolute atomic E-state index is 12.2. The average Bonchev–Trinajstić information content (AvgIpc) is 3.18. The van der Waals surface area contributed by atoms with Crippen LogP contribution in [-0.2, 0) is 11.4 Å². The van der Waals surface area contributed by atoms with E-state index in [2.05, 4.69) is 10.3 Å². The third-order valence-corrected chi connectivity index (χ3v) is 4.63. The lowest BCUT2D eigenvalue weighted by Crippen LogP contribution is -2.36. The molecule has 1 aromatic heterocycles. The van der Waals surface area contributed by atoms with Crippen molar-refractivity contribution in [1.29, 1.82) is 0 Å². The first-order chi connectivity index (χ1) is 12.7. The molecule has 0 saturated heterocycles. The molecular formula is C20H14N2O3S. The van der Waals surface area contributed by atoms with Gasteiger partial charge in [-0.25, -0.2) is 4.98 Å². The summed E-state index contributed by atoms with van der Waals surface area (Å²) in [6, 6.07) is 14.5. The highest BCUT2D eigenvalue weighted by atomic mass is 32.1. The van der Waals surface area contributed by atoms with Gasteiger partial charge in [-0.15, -0.1) is 11.3 Å². The molecule has 1 aliphatic heterocycles. The van der Waals surface area contributed by atoms with Crippen molar-refractivity contribution in [2.24, 2.45) is 0 Å². The molecule has 0 radical (unpaired) electrons. The molecular weight excluding hydrogens is 348 g/mol. The van der Waals surface area contributed by atoms with Crippen molar-refractivity contribution in [2.45, 2.75) is 6.61 Å². The number of hydrogen-bond acceptors (Lipinski definition) is 5. The number of benzene rings is 2. The third-order valence-electron chi connectivity index (χ3n) is 3.99. The van der Waals surface area contributed by atoms with Crippen LogP contribution in [0.4, 0.5) is 0 Å². The Kier molecular flexibility index (Phi) is 4.33. The van der Waals surface area contributed by atoms with Crippen LogP contribution < -0.4 is 10.1 Å². The number of imide groups is 1. The number of hydrogen-bond donors (Lipinski definition) is 1. The van der Waals surface area contributed by atoms with Crippen LogP contribution in [0, 0.1) is 0 Å². The molecule has 0 saturated carbocycles. The van der Waals surface area contributed by atoms with Crippen LogP contribution in [0.3, 0.4) is 0 Å². The predicted octanol–water partition coefficient (Wildman–Crippen LogP) is 3.53. The maximum Gasteiger partial charge on any atom is 0.258 e. The largest absolute Gasteiger partial charge is 0.487 e. The molecule has 26 heavy (non-hydrogen) atoms. The van der Waals surface area contributed by atoms with Crippen LogP contribution in [0.1, 0.15) is 27.2 Å². The van der Waals surface area contributed by atoms with Gasteiger partial charge in [0.05, 0.1) is 11.2 Å². The molecule has 5 nitrogen and oxygen atoms in total. The lowest BCUT2D eigenvalue weighted by Gasteiger charge is -2.18. The number of rotatable bonds is 4. The van der Waals surface area contributed by atoms with Gasteiger partial charge >= 0.3 is 0 Å². The van der Waals surface area contributed by atoms with Gasteiger partial charge in [0, 0.05) is 16.5 Å². The normalized spacial score (nSPS) is 14.8. The number of amides is 2. The number of thiazole rings is 1. The fourth-order valence-corrected chi connectivity index (χ4v) is 3.26. The highest BCUT2D eigenvalue weighted by Gasteiger charge is 2.26. The van der Waals surface area contributed by atoms with Crippen molar-refractivity contribution in [3.05, 3.63) is 81.8 Å². The van der Waals surface area contributed by atoms with Crippen molar-refractivity contribution >= 4 is 34.8 Å². The number of ether oxygens (including phenoxy) is 1. The van der Waals surface area contributed by atoms with Crippen LogP contribution in [0.5, 0.6) is 5.75 Å². The molecule has 4 rings (SSSR count). The highest BCUT2D eigenvalue weighted by molar-refractivity contribution is 7.07. The van der Waals surface area contributed by atoms with Crippen LogP contribution in [0.15, 0.2) is 59.4 Å². The number of nitrogens with one attached hydrogen (secondary N) is 1. The molecule has 0 unspecified atom stereocenters. The molecule has 3 aromatic rings. The summed E-state index contributed by atoms with van der Waals surface area (Å²) < 4.78 is 5.69. The van der Waals surface area contributed by atoms with E-state index < -0.39 is 5.91 Å². The van der Waals surface area contributed by atoms with E-state index in [1.165, 1.54) is 11.3 Å². The molecule has 2 aromatic carbocycles. The van der Waals surface area contributed by atoms with Gasteiger partial charge in [0.25, 0.3) is 11.8 Å². The van der Waals surface area contributed by atoms with Crippen molar-refractivity contribution < 1.29 is 14.3 Å². The molecule has 0 bridgehead atoms. The van der Waals surface area contributed by atoms with E-state index in [-0.39, 0.29) is 5.91 Å². The van der Waals surface area contributed by atoms with Crippen molar-refractivity contribution in [1.82, 2.24) is 10.3 Å². The minimum absolute atomic E-state index is 0.367. The Morgan fingerprint density at radius 3 is 2.50 bits per heavy atom. The summed E-state index contributed by atoms with van der Waals surface area (Å²) in [6.07, 6.45) is 1.77. The van der Waals surface area contributed by atoms with E-state index in [0.29, 0.717) is 23.3 Å². The smallest absolute Gasteiger partial charge is 0.258 e. The zero-order valence-corrected chi connectivity index (χ0v) is 14.5. The second-order valence-electron chi connectivity index (χ2n) is 5.72. The minimum Gasteiger partial charge on any atom is -0.487 e. The first-order valence-corrected chi connectivity index (χ1v) is 8.92. The van der Waals surface area contributed by atoms with Gasteiger partial charge in [0.1, 0.15) is 12.4 Å². The molecule has 2 heterocycles. The van der Waals surface area contributed by atoms with E-state index in [9.17, 15) is 9.59 Å².